The van der Waals surface area contributed by atoms with Crippen LogP contribution in [0.15, 0.2) is 24.7 Å². The van der Waals surface area contributed by atoms with Gasteiger partial charge in [0, 0.05) is 0 Å². The SMILES string of the molecule is C=C1COC(COCC2OCC(=C)O2)O1. The third kappa shape index (κ3) is 2.95. The van der Waals surface area contributed by atoms with E-state index in [9.17, 15) is 0 Å². The van der Waals surface area contributed by atoms with Gasteiger partial charge in [-0.1, -0.05) is 13.2 Å². The van der Waals surface area contributed by atoms with Crippen LogP contribution in [-0.2, 0) is 23.7 Å². The van der Waals surface area contributed by atoms with Crippen LogP contribution in [0.25, 0.3) is 0 Å². The molecule has 2 aliphatic rings. The first kappa shape index (κ1) is 10.5. The van der Waals surface area contributed by atoms with E-state index in [1.165, 1.54) is 0 Å². The van der Waals surface area contributed by atoms with Crippen molar-refractivity contribution in [2.75, 3.05) is 26.4 Å². The quantitative estimate of drug-likeness (QED) is 0.692. The highest BCUT2D eigenvalue weighted by Gasteiger charge is 2.23. The van der Waals surface area contributed by atoms with E-state index in [2.05, 4.69) is 13.2 Å². The zero-order valence-electron chi connectivity index (χ0n) is 8.44. The summed E-state index contributed by atoms with van der Waals surface area (Å²) in [6, 6.07) is 0. The van der Waals surface area contributed by atoms with Crippen molar-refractivity contribution < 1.29 is 23.7 Å². The van der Waals surface area contributed by atoms with E-state index in [1.807, 2.05) is 0 Å². The van der Waals surface area contributed by atoms with Crippen LogP contribution in [0.2, 0.25) is 0 Å². The summed E-state index contributed by atoms with van der Waals surface area (Å²) in [7, 11) is 0. The van der Waals surface area contributed by atoms with Crippen molar-refractivity contribution in [3.05, 3.63) is 24.7 Å². The van der Waals surface area contributed by atoms with Crippen LogP contribution in [0.3, 0.4) is 0 Å². The predicted molar refractivity (Wildman–Crippen MR) is 50.7 cm³/mol. The monoisotopic (exact) mass is 214 g/mol. The first-order chi connectivity index (χ1) is 7.24. The van der Waals surface area contributed by atoms with Gasteiger partial charge in [0.05, 0.1) is 0 Å². The van der Waals surface area contributed by atoms with Crippen molar-refractivity contribution in [1.82, 2.24) is 0 Å². The first-order valence-corrected chi connectivity index (χ1v) is 4.74. The van der Waals surface area contributed by atoms with Gasteiger partial charge in [0.2, 0.25) is 12.6 Å². The highest BCUT2D eigenvalue weighted by Crippen LogP contribution is 2.15. The number of hydrogen-bond acceptors (Lipinski definition) is 5. The molecule has 0 aromatic heterocycles. The van der Waals surface area contributed by atoms with Gasteiger partial charge >= 0.3 is 0 Å². The average Bonchev–Trinajstić information content (AvgIpc) is 2.76. The van der Waals surface area contributed by atoms with Crippen molar-refractivity contribution in [2.45, 2.75) is 12.6 Å². The van der Waals surface area contributed by atoms with Gasteiger partial charge < -0.3 is 23.7 Å². The fraction of sp³-hybridized carbons (Fsp3) is 0.600. The minimum atomic E-state index is -0.359. The van der Waals surface area contributed by atoms with Gasteiger partial charge in [-0.05, 0) is 0 Å². The summed E-state index contributed by atoms with van der Waals surface area (Å²) in [5.74, 6) is 1.26. The summed E-state index contributed by atoms with van der Waals surface area (Å²) in [5.41, 5.74) is 0. The second kappa shape index (κ2) is 4.65. The van der Waals surface area contributed by atoms with Crippen LogP contribution in [0.1, 0.15) is 0 Å². The zero-order chi connectivity index (χ0) is 10.7. The van der Waals surface area contributed by atoms with E-state index in [1.54, 1.807) is 0 Å². The first-order valence-electron chi connectivity index (χ1n) is 4.74. The fourth-order valence-corrected chi connectivity index (χ4v) is 1.30. The van der Waals surface area contributed by atoms with E-state index >= 15 is 0 Å². The van der Waals surface area contributed by atoms with E-state index < -0.39 is 0 Å². The molecule has 0 amide bonds. The molecule has 0 bridgehead atoms. The Morgan fingerprint density at radius 3 is 1.80 bits per heavy atom. The van der Waals surface area contributed by atoms with E-state index in [0.29, 0.717) is 37.9 Å². The summed E-state index contributed by atoms with van der Waals surface area (Å²) in [5, 5.41) is 0. The highest BCUT2D eigenvalue weighted by atomic mass is 16.7. The number of hydrogen-bond donors (Lipinski definition) is 0. The standard InChI is InChI=1S/C10H14O5/c1-7-3-12-9(14-7)5-11-6-10-13-4-8(2)15-10/h9-10H,1-6H2. The molecular formula is C10H14O5. The molecule has 2 unspecified atom stereocenters. The highest BCUT2D eigenvalue weighted by molar-refractivity contribution is 4.87. The predicted octanol–water partition coefficient (Wildman–Crippen LogP) is 0.776. The molecule has 0 aliphatic carbocycles. The molecule has 0 aromatic carbocycles. The van der Waals surface area contributed by atoms with Crippen LogP contribution < -0.4 is 0 Å². The second-order valence-corrected chi connectivity index (χ2v) is 3.33. The summed E-state index contributed by atoms with van der Waals surface area (Å²) in [6.45, 7) is 8.82. The molecule has 0 saturated carbocycles. The van der Waals surface area contributed by atoms with Crippen molar-refractivity contribution >= 4 is 0 Å². The molecule has 2 fully saturated rings. The van der Waals surface area contributed by atoms with Gasteiger partial charge in [0.15, 0.2) is 0 Å². The van der Waals surface area contributed by atoms with Crippen molar-refractivity contribution in [3.63, 3.8) is 0 Å². The van der Waals surface area contributed by atoms with Crippen molar-refractivity contribution in [2.24, 2.45) is 0 Å². The molecule has 0 aromatic rings. The Labute approximate surface area is 88.2 Å². The summed E-state index contributed by atoms with van der Waals surface area (Å²) in [6.07, 6.45) is -0.718. The normalized spacial score (nSPS) is 30.4. The van der Waals surface area contributed by atoms with Gasteiger partial charge in [-0.15, -0.1) is 0 Å². The van der Waals surface area contributed by atoms with Crippen LogP contribution in [0, 0.1) is 0 Å². The maximum atomic E-state index is 5.32. The smallest absolute Gasteiger partial charge is 0.223 e. The molecule has 84 valence electrons. The summed E-state index contributed by atoms with van der Waals surface area (Å²) >= 11 is 0. The Morgan fingerprint density at radius 1 is 1.00 bits per heavy atom. The van der Waals surface area contributed by atoms with E-state index in [4.69, 9.17) is 23.7 Å². The molecule has 2 rings (SSSR count). The molecule has 15 heavy (non-hydrogen) atoms. The number of ether oxygens (including phenoxy) is 5. The summed E-state index contributed by atoms with van der Waals surface area (Å²) < 4.78 is 26.1. The Kier molecular flexibility index (Phi) is 3.25. The Hall–Kier alpha value is -1.04. The lowest BCUT2D eigenvalue weighted by molar-refractivity contribution is -0.130. The Morgan fingerprint density at radius 2 is 1.47 bits per heavy atom. The molecule has 2 aliphatic heterocycles. The molecule has 2 heterocycles. The molecule has 2 atom stereocenters. The Balaban J connectivity index is 1.59. The molecule has 5 nitrogen and oxygen atoms in total. The van der Waals surface area contributed by atoms with Crippen LogP contribution in [0.4, 0.5) is 0 Å². The van der Waals surface area contributed by atoms with Crippen molar-refractivity contribution in [1.29, 1.82) is 0 Å². The van der Waals surface area contributed by atoms with Gasteiger partial charge in [0.1, 0.15) is 37.9 Å². The number of rotatable bonds is 4. The van der Waals surface area contributed by atoms with Crippen LogP contribution in [-0.4, -0.2) is 39.0 Å². The molecule has 5 heteroatoms. The minimum absolute atomic E-state index is 0.342. The molecule has 0 N–H and O–H groups in total. The van der Waals surface area contributed by atoms with E-state index in [0.717, 1.165) is 0 Å². The molecule has 0 spiro atoms. The topological polar surface area (TPSA) is 46.2 Å². The maximum Gasteiger partial charge on any atom is 0.223 e. The molecule has 2 saturated heterocycles. The molecule has 0 radical (unpaired) electrons. The third-order valence-electron chi connectivity index (χ3n) is 1.96. The zero-order valence-corrected chi connectivity index (χ0v) is 8.44. The van der Waals surface area contributed by atoms with E-state index in [-0.39, 0.29) is 12.6 Å². The van der Waals surface area contributed by atoms with Crippen LogP contribution >= 0.6 is 0 Å². The lowest BCUT2D eigenvalue weighted by Crippen LogP contribution is -2.22. The minimum Gasteiger partial charge on any atom is -0.465 e. The van der Waals surface area contributed by atoms with Crippen LogP contribution in [0.5, 0.6) is 0 Å². The third-order valence-corrected chi connectivity index (χ3v) is 1.96. The van der Waals surface area contributed by atoms with Gasteiger partial charge in [-0.2, -0.15) is 0 Å². The van der Waals surface area contributed by atoms with Gasteiger partial charge in [-0.3, -0.25) is 0 Å². The summed E-state index contributed by atoms with van der Waals surface area (Å²) in [4.78, 5) is 0. The van der Waals surface area contributed by atoms with Gasteiger partial charge in [0.25, 0.3) is 0 Å². The maximum absolute atomic E-state index is 5.32. The fourth-order valence-electron chi connectivity index (χ4n) is 1.30. The van der Waals surface area contributed by atoms with Crippen molar-refractivity contribution in [3.8, 4) is 0 Å². The largest absolute Gasteiger partial charge is 0.465 e. The second-order valence-electron chi connectivity index (χ2n) is 3.33. The lowest BCUT2D eigenvalue weighted by atomic mass is 10.6. The average molecular weight is 214 g/mol. The molecular weight excluding hydrogens is 200 g/mol. The van der Waals surface area contributed by atoms with Gasteiger partial charge in [-0.25, -0.2) is 0 Å². The Bertz CT molecular complexity index is 237. The lowest BCUT2D eigenvalue weighted by Gasteiger charge is -2.12.